The van der Waals surface area contributed by atoms with E-state index in [1.807, 2.05) is 66.0 Å². The maximum Gasteiger partial charge on any atom is 0.236 e. The molecule has 0 spiro atoms. The van der Waals surface area contributed by atoms with Crippen LogP contribution < -0.4 is 0 Å². The van der Waals surface area contributed by atoms with Gasteiger partial charge in [0.25, 0.3) is 0 Å². The lowest BCUT2D eigenvalue weighted by molar-refractivity contribution is 0.0976. The molecule has 4 aromatic rings. The largest absolute Gasteiger partial charge is 0.294 e. The molecule has 0 amide bonds. The van der Waals surface area contributed by atoms with Crippen molar-refractivity contribution in [3.05, 3.63) is 82.7 Å². The molecular formula is C24H21NO3S2. The standard InChI is InChI=1S/C24H21NO3S2/c1-24(15-21(26)17-9-3-5-10-19(17)24)14-18-16-8-4-6-11-20(16)25(30(2,27)28)23(18)22-12-7-13-29-22/h3-13H,14-15H2,1-2H3. The Morgan fingerprint density at radius 1 is 1.03 bits per heavy atom. The van der Waals surface area contributed by atoms with Crippen LogP contribution in [-0.4, -0.2) is 24.4 Å². The summed E-state index contributed by atoms with van der Waals surface area (Å²) in [5, 5.41) is 2.88. The molecule has 0 saturated carbocycles. The van der Waals surface area contributed by atoms with Gasteiger partial charge in [0.2, 0.25) is 10.0 Å². The van der Waals surface area contributed by atoms with Crippen molar-refractivity contribution in [2.45, 2.75) is 25.2 Å². The van der Waals surface area contributed by atoms with E-state index >= 15 is 0 Å². The molecule has 152 valence electrons. The predicted octanol–water partition coefficient (Wildman–Crippen LogP) is 5.26. The van der Waals surface area contributed by atoms with Crippen LogP contribution in [0.4, 0.5) is 0 Å². The Morgan fingerprint density at radius 3 is 2.50 bits per heavy atom. The average Bonchev–Trinajstić information content (AvgIpc) is 3.39. The minimum Gasteiger partial charge on any atom is -0.294 e. The second kappa shape index (κ2) is 6.65. The Balaban J connectivity index is 1.81. The fraction of sp³-hybridized carbons (Fsp3) is 0.208. The van der Waals surface area contributed by atoms with E-state index in [4.69, 9.17) is 0 Å². The second-order valence-corrected chi connectivity index (χ2v) is 11.0. The molecule has 2 heterocycles. The number of benzene rings is 2. The van der Waals surface area contributed by atoms with Gasteiger partial charge in [-0.3, -0.25) is 4.79 Å². The van der Waals surface area contributed by atoms with Crippen molar-refractivity contribution >= 4 is 38.0 Å². The molecule has 0 radical (unpaired) electrons. The van der Waals surface area contributed by atoms with Crippen LogP contribution in [0.5, 0.6) is 0 Å². The lowest BCUT2D eigenvalue weighted by atomic mass is 9.78. The third-order valence-electron chi connectivity index (χ3n) is 6.02. The lowest BCUT2D eigenvalue weighted by Crippen LogP contribution is -2.22. The third kappa shape index (κ3) is 2.86. The van der Waals surface area contributed by atoms with Crippen LogP contribution in [0, 0.1) is 0 Å². The van der Waals surface area contributed by atoms with E-state index in [0.29, 0.717) is 24.1 Å². The van der Waals surface area contributed by atoms with Gasteiger partial charge < -0.3 is 0 Å². The van der Waals surface area contributed by atoms with Crippen molar-refractivity contribution in [2.75, 3.05) is 6.26 Å². The van der Waals surface area contributed by atoms with Gasteiger partial charge in [0.05, 0.1) is 22.3 Å². The van der Waals surface area contributed by atoms with Gasteiger partial charge in [0, 0.05) is 22.8 Å². The first-order chi connectivity index (χ1) is 14.3. The smallest absolute Gasteiger partial charge is 0.236 e. The first-order valence-corrected chi connectivity index (χ1v) is 12.5. The molecule has 0 aliphatic heterocycles. The van der Waals surface area contributed by atoms with Crippen molar-refractivity contribution in [1.82, 2.24) is 3.97 Å². The van der Waals surface area contributed by atoms with Gasteiger partial charge in [-0.05, 0) is 35.1 Å². The summed E-state index contributed by atoms with van der Waals surface area (Å²) in [6, 6.07) is 19.3. The topological polar surface area (TPSA) is 56.1 Å². The molecule has 5 rings (SSSR count). The van der Waals surface area contributed by atoms with Gasteiger partial charge >= 0.3 is 0 Å². The van der Waals surface area contributed by atoms with Crippen LogP contribution in [-0.2, 0) is 21.9 Å². The fourth-order valence-corrected chi connectivity index (χ4v) is 6.71. The molecule has 0 N–H and O–H groups in total. The first-order valence-electron chi connectivity index (χ1n) is 9.79. The third-order valence-corrected chi connectivity index (χ3v) is 7.94. The highest BCUT2D eigenvalue weighted by Gasteiger charge is 2.41. The lowest BCUT2D eigenvalue weighted by Gasteiger charge is -2.25. The summed E-state index contributed by atoms with van der Waals surface area (Å²) < 4.78 is 27.2. The molecule has 2 aromatic carbocycles. The molecule has 1 aliphatic carbocycles. The zero-order valence-corrected chi connectivity index (χ0v) is 18.4. The highest BCUT2D eigenvalue weighted by Crippen LogP contribution is 2.45. The van der Waals surface area contributed by atoms with Crippen molar-refractivity contribution in [3.63, 3.8) is 0 Å². The first kappa shape index (κ1) is 19.3. The van der Waals surface area contributed by atoms with Crippen molar-refractivity contribution < 1.29 is 13.2 Å². The zero-order chi connectivity index (χ0) is 21.1. The Hall–Kier alpha value is -2.70. The van der Waals surface area contributed by atoms with Crippen molar-refractivity contribution in [1.29, 1.82) is 0 Å². The minimum atomic E-state index is -3.53. The minimum absolute atomic E-state index is 0.151. The zero-order valence-electron chi connectivity index (χ0n) is 16.8. The number of hydrogen-bond acceptors (Lipinski definition) is 4. The van der Waals surface area contributed by atoms with Gasteiger partial charge in [-0.1, -0.05) is 55.5 Å². The van der Waals surface area contributed by atoms with Gasteiger partial charge in [-0.15, -0.1) is 11.3 Å². The normalized spacial score (nSPS) is 18.8. The molecular weight excluding hydrogens is 414 g/mol. The quantitative estimate of drug-likeness (QED) is 0.439. The van der Waals surface area contributed by atoms with Crippen LogP contribution in [0.15, 0.2) is 66.0 Å². The number of fused-ring (bicyclic) bond motifs is 2. The summed E-state index contributed by atoms with van der Waals surface area (Å²) in [6.45, 7) is 2.11. The van der Waals surface area contributed by atoms with E-state index in [1.54, 1.807) is 0 Å². The summed E-state index contributed by atoms with van der Waals surface area (Å²) in [4.78, 5) is 13.6. The highest BCUT2D eigenvalue weighted by atomic mass is 32.2. The predicted molar refractivity (Wildman–Crippen MR) is 122 cm³/mol. The summed E-state index contributed by atoms with van der Waals surface area (Å²) in [5.74, 6) is 0.151. The van der Waals surface area contributed by atoms with Gasteiger partial charge in [-0.2, -0.15) is 0 Å². The molecule has 1 atom stereocenters. The van der Waals surface area contributed by atoms with Crippen LogP contribution >= 0.6 is 11.3 Å². The van der Waals surface area contributed by atoms with E-state index in [1.165, 1.54) is 21.6 Å². The number of nitrogens with zero attached hydrogens (tertiary/aromatic N) is 1. The summed E-state index contributed by atoms with van der Waals surface area (Å²) in [5.41, 5.74) is 3.82. The van der Waals surface area contributed by atoms with Crippen LogP contribution in [0.1, 0.15) is 34.8 Å². The van der Waals surface area contributed by atoms with Crippen LogP contribution in [0.3, 0.4) is 0 Å². The molecule has 6 heteroatoms. The molecule has 0 fully saturated rings. The Kier molecular flexibility index (Phi) is 4.27. The van der Waals surface area contributed by atoms with Gasteiger partial charge in [-0.25, -0.2) is 12.4 Å². The van der Waals surface area contributed by atoms with Crippen molar-refractivity contribution in [3.8, 4) is 10.6 Å². The number of para-hydroxylation sites is 1. The average molecular weight is 436 g/mol. The number of rotatable bonds is 4. The number of hydrogen-bond donors (Lipinski definition) is 0. The van der Waals surface area contributed by atoms with Crippen LogP contribution in [0.25, 0.3) is 21.5 Å². The summed E-state index contributed by atoms with van der Waals surface area (Å²) >= 11 is 1.53. The van der Waals surface area contributed by atoms with Gasteiger partial charge in [0.1, 0.15) is 0 Å². The Bertz CT molecular complexity index is 1400. The summed E-state index contributed by atoms with van der Waals surface area (Å²) in [6.07, 6.45) is 2.26. The molecule has 0 saturated heterocycles. The van der Waals surface area contributed by atoms with Crippen LogP contribution in [0.2, 0.25) is 0 Å². The maximum atomic E-state index is 12.9. The number of carbonyl (C=O) groups excluding carboxylic acids is 1. The number of ketones is 1. The molecule has 0 bridgehead atoms. The van der Waals surface area contributed by atoms with Crippen molar-refractivity contribution in [2.24, 2.45) is 0 Å². The second-order valence-electron chi connectivity index (χ2n) is 8.23. The number of aromatic nitrogens is 1. The van der Waals surface area contributed by atoms with E-state index < -0.39 is 10.0 Å². The summed E-state index contributed by atoms with van der Waals surface area (Å²) in [7, 11) is -3.53. The number of Topliss-reactive ketones (excluding diaryl/α,β-unsaturated/α-hetero) is 1. The van der Waals surface area contributed by atoms with E-state index in [-0.39, 0.29) is 11.2 Å². The van der Waals surface area contributed by atoms with E-state index in [9.17, 15) is 13.2 Å². The molecule has 1 unspecified atom stereocenters. The number of carbonyl (C=O) groups is 1. The Morgan fingerprint density at radius 2 is 1.77 bits per heavy atom. The Labute approximate surface area is 179 Å². The molecule has 4 nitrogen and oxygen atoms in total. The highest BCUT2D eigenvalue weighted by molar-refractivity contribution is 7.89. The fourth-order valence-electron chi connectivity index (χ4n) is 4.81. The number of thiophene rings is 1. The monoisotopic (exact) mass is 435 g/mol. The molecule has 30 heavy (non-hydrogen) atoms. The van der Waals surface area contributed by atoms with Gasteiger partial charge in [0.15, 0.2) is 5.78 Å². The van der Waals surface area contributed by atoms with E-state index in [0.717, 1.165) is 27.0 Å². The molecule has 2 aromatic heterocycles. The molecule has 1 aliphatic rings. The maximum absolute atomic E-state index is 12.9. The SMILES string of the molecule is CC1(Cc2c(-c3cccs3)n(S(C)(=O)=O)c3ccccc23)CC(=O)c2ccccc21. The van der Waals surface area contributed by atoms with E-state index in [2.05, 4.69) is 6.92 Å².